The Balaban J connectivity index is 2.55. The summed E-state index contributed by atoms with van der Waals surface area (Å²) in [7, 11) is 0. The van der Waals surface area contributed by atoms with Crippen LogP contribution in [0, 0.1) is 11.1 Å². The second-order valence-electron chi connectivity index (χ2n) is 4.72. The van der Waals surface area contributed by atoms with Gasteiger partial charge in [0.1, 0.15) is 6.04 Å². The van der Waals surface area contributed by atoms with Crippen molar-refractivity contribution in [3.05, 3.63) is 23.3 Å². The molecule has 0 saturated heterocycles. The number of fused-ring (bicyclic) bond motifs is 1. The van der Waals surface area contributed by atoms with E-state index in [1.165, 1.54) is 12.1 Å². The number of carboxylic acid groups (broad SMARTS) is 1. The lowest BCUT2D eigenvalue weighted by atomic mass is 9.93. The van der Waals surface area contributed by atoms with E-state index >= 15 is 0 Å². The van der Waals surface area contributed by atoms with E-state index in [9.17, 15) is 9.90 Å². The number of nitrogens with zero attached hydrogens (tertiary/aromatic N) is 4. The summed E-state index contributed by atoms with van der Waals surface area (Å²) >= 11 is 0. The number of aliphatic carboxylic acids is 1. The number of rotatable bonds is 3. The number of ether oxygens (including phenoxy) is 2. The molecule has 1 aromatic rings. The molecule has 1 aromatic carbocycles. The Morgan fingerprint density at radius 3 is 2.20 bits per heavy atom. The molecule has 2 rings (SSSR count). The van der Waals surface area contributed by atoms with Crippen LogP contribution in [-0.4, -0.2) is 29.7 Å². The molecule has 25 heavy (non-hydrogen) atoms. The molecule has 1 atom stereocenters. The fourth-order valence-electron chi connectivity index (χ4n) is 2.30. The smallest absolute Gasteiger partial charge is 0.357 e. The highest BCUT2D eigenvalue weighted by atomic mass is 16.5. The van der Waals surface area contributed by atoms with Gasteiger partial charge >= 0.3 is 18.0 Å². The van der Waals surface area contributed by atoms with Crippen molar-refractivity contribution in [2.75, 3.05) is 6.54 Å². The van der Waals surface area contributed by atoms with E-state index in [1.54, 1.807) is 0 Å². The van der Waals surface area contributed by atoms with Gasteiger partial charge in [-0.1, -0.05) is 10.2 Å². The lowest BCUT2D eigenvalue weighted by Gasteiger charge is -2.25. The van der Waals surface area contributed by atoms with Crippen LogP contribution in [0.25, 0.3) is 0 Å². The first kappa shape index (κ1) is 17.7. The highest BCUT2D eigenvalue weighted by Crippen LogP contribution is 2.36. The van der Waals surface area contributed by atoms with Crippen LogP contribution in [0.4, 0.5) is 0 Å². The fraction of sp³-hybridized carbons (Fsp3) is 0.250. The van der Waals surface area contributed by atoms with Gasteiger partial charge in [0.2, 0.25) is 0 Å². The standard InChI is InChI=1S/C12H15N9O4/c13-18-11(19-14)24-7-3-5-1-2-17-9(10(22)23)6(5)4-8(7)25-12(20-15)21-16/h3-4,9,13,15,17H,1-2,14,16H2,(H,22,23). The molecule has 0 saturated carbocycles. The monoisotopic (exact) mass is 349 g/mol. The number of amidine groups is 2. The van der Waals surface area contributed by atoms with Gasteiger partial charge in [-0.15, -0.1) is 10.2 Å². The third kappa shape index (κ3) is 3.84. The molecule has 1 aliphatic rings. The van der Waals surface area contributed by atoms with Crippen molar-refractivity contribution < 1.29 is 19.4 Å². The van der Waals surface area contributed by atoms with Gasteiger partial charge in [-0.05, 0) is 29.7 Å². The van der Waals surface area contributed by atoms with E-state index in [4.69, 9.17) is 32.2 Å². The molecule has 0 bridgehead atoms. The Hall–Kier alpha value is -3.61. The third-order valence-electron chi connectivity index (χ3n) is 3.32. The summed E-state index contributed by atoms with van der Waals surface area (Å²) in [5, 5.41) is 24.5. The molecule has 1 unspecified atom stereocenters. The average Bonchev–Trinajstić information content (AvgIpc) is 2.63. The van der Waals surface area contributed by atoms with E-state index in [0.29, 0.717) is 24.1 Å². The number of hydrazone groups is 2. The van der Waals surface area contributed by atoms with Crippen LogP contribution in [0.2, 0.25) is 0 Å². The molecule has 0 amide bonds. The fourth-order valence-corrected chi connectivity index (χ4v) is 2.30. The Bertz CT molecular complexity index is 761. The zero-order valence-electron chi connectivity index (χ0n) is 12.8. The molecule has 0 aromatic heterocycles. The number of hydrogen-bond acceptors (Lipinski definition) is 10. The second-order valence-corrected chi connectivity index (χ2v) is 4.72. The van der Waals surface area contributed by atoms with E-state index in [1.807, 2.05) is 0 Å². The second kappa shape index (κ2) is 7.78. The Morgan fingerprint density at radius 1 is 1.16 bits per heavy atom. The Morgan fingerprint density at radius 2 is 1.72 bits per heavy atom. The van der Waals surface area contributed by atoms with E-state index < -0.39 is 24.1 Å². The predicted molar refractivity (Wildman–Crippen MR) is 83.3 cm³/mol. The van der Waals surface area contributed by atoms with Crippen molar-refractivity contribution in [3.8, 4) is 11.5 Å². The highest BCUT2D eigenvalue weighted by Gasteiger charge is 2.28. The first-order valence-electron chi connectivity index (χ1n) is 6.83. The SMILES string of the molecule is N=NC(=NN)Oc1cc2c(cc1OC(N=N)=NN)C(C(=O)O)NCC2. The Labute approximate surface area is 140 Å². The number of carboxylic acids is 1. The van der Waals surface area contributed by atoms with Gasteiger partial charge in [0.15, 0.2) is 11.5 Å². The van der Waals surface area contributed by atoms with Crippen LogP contribution in [0.15, 0.2) is 32.6 Å². The lowest BCUT2D eigenvalue weighted by molar-refractivity contribution is -0.139. The van der Waals surface area contributed by atoms with Crippen molar-refractivity contribution >= 4 is 18.0 Å². The molecule has 8 N–H and O–H groups in total. The molecule has 1 heterocycles. The van der Waals surface area contributed by atoms with Crippen molar-refractivity contribution in [3.63, 3.8) is 0 Å². The van der Waals surface area contributed by atoms with Crippen LogP contribution in [0.3, 0.4) is 0 Å². The minimum atomic E-state index is -1.07. The molecular formula is C12H15N9O4. The van der Waals surface area contributed by atoms with Crippen molar-refractivity contribution in [1.29, 1.82) is 11.1 Å². The molecule has 132 valence electrons. The molecule has 13 heteroatoms. The van der Waals surface area contributed by atoms with Gasteiger partial charge < -0.3 is 31.6 Å². The molecule has 13 nitrogen and oxygen atoms in total. The summed E-state index contributed by atoms with van der Waals surface area (Å²) in [6, 6.07) is 1.01. The third-order valence-corrected chi connectivity index (χ3v) is 3.32. The highest BCUT2D eigenvalue weighted by molar-refractivity contribution is 5.81. The van der Waals surface area contributed by atoms with Gasteiger partial charge in [-0.2, -0.15) is 11.1 Å². The maximum atomic E-state index is 11.4. The summed E-state index contributed by atoms with van der Waals surface area (Å²) in [5.74, 6) is 9.05. The molecule has 0 spiro atoms. The first-order chi connectivity index (χ1) is 12.0. The van der Waals surface area contributed by atoms with Gasteiger partial charge in [-0.3, -0.25) is 4.79 Å². The quantitative estimate of drug-likeness (QED) is 0.146. The molecular weight excluding hydrogens is 334 g/mol. The van der Waals surface area contributed by atoms with Gasteiger partial charge in [0, 0.05) is 6.54 Å². The number of nitrogens with two attached hydrogens (primary N) is 2. The Kier molecular flexibility index (Phi) is 5.52. The number of nitrogens with one attached hydrogen (secondary N) is 3. The summed E-state index contributed by atoms with van der Waals surface area (Å²) in [6.07, 6.45) is 0.531. The van der Waals surface area contributed by atoms with E-state index in [2.05, 4.69) is 25.7 Å². The largest absolute Gasteiger partial charge is 0.480 e. The van der Waals surface area contributed by atoms with E-state index in [-0.39, 0.29) is 11.5 Å². The number of carbonyl (C=O) groups is 1. The summed E-state index contributed by atoms with van der Waals surface area (Å²) in [4.78, 5) is 11.4. The first-order valence-corrected chi connectivity index (χ1v) is 6.83. The lowest BCUT2D eigenvalue weighted by Crippen LogP contribution is -2.35. The van der Waals surface area contributed by atoms with Gasteiger partial charge in [0.25, 0.3) is 0 Å². The predicted octanol–water partition coefficient (Wildman–Crippen LogP) is 0.237. The summed E-state index contributed by atoms with van der Waals surface area (Å²) in [6.45, 7) is 0.446. The summed E-state index contributed by atoms with van der Waals surface area (Å²) in [5.41, 5.74) is 15.0. The van der Waals surface area contributed by atoms with E-state index in [0.717, 1.165) is 0 Å². The minimum Gasteiger partial charge on any atom is -0.480 e. The zero-order chi connectivity index (χ0) is 18.4. The maximum Gasteiger partial charge on any atom is 0.357 e. The normalized spacial score (nSPS) is 17.4. The number of hydrogen-bond donors (Lipinski definition) is 6. The van der Waals surface area contributed by atoms with Gasteiger partial charge in [-0.25, -0.2) is 0 Å². The van der Waals surface area contributed by atoms with Crippen LogP contribution < -0.4 is 26.5 Å². The summed E-state index contributed by atoms with van der Waals surface area (Å²) < 4.78 is 10.5. The maximum absolute atomic E-state index is 11.4. The van der Waals surface area contributed by atoms with Crippen LogP contribution in [0.1, 0.15) is 17.2 Å². The average molecular weight is 349 g/mol. The number of benzene rings is 1. The van der Waals surface area contributed by atoms with Crippen molar-refractivity contribution in [2.24, 2.45) is 32.1 Å². The van der Waals surface area contributed by atoms with Crippen molar-refractivity contribution in [2.45, 2.75) is 12.5 Å². The van der Waals surface area contributed by atoms with Crippen LogP contribution >= 0.6 is 0 Å². The van der Waals surface area contributed by atoms with Crippen LogP contribution in [-0.2, 0) is 11.2 Å². The molecule has 1 aliphatic heterocycles. The molecule has 0 fully saturated rings. The molecule has 0 radical (unpaired) electrons. The van der Waals surface area contributed by atoms with Crippen molar-refractivity contribution in [1.82, 2.24) is 5.32 Å². The molecule has 0 aliphatic carbocycles. The van der Waals surface area contributed by atoms with Gasteiger partial charge in [0.05, 0.1) is 0 Å². The van der Waals surface area contributed by atoms with Crippen LogP contribution in [0.5, 0.6) is 11.5 Å². The zero-order valence-corrected chi connectivity index (χ0v) is 12.8. The minimum absolute atomic E-state index is 0.0368. The topological polar surface area (TPSA) is 217 Å².